The molecule has 0 aliphatic heterocycles. The zero-order chi connectivity index (χ0) is 17.0. The number of hydrogen-bond donors (Lipinski definition) is 1. The second-order valence-corrected chi connectivity index (χ2v) is 7.20. The average Bonchev–Trinajstić information content (AvgIpc) is 2.53. The largest absolute Gasteiger partial charge is 0.310 e. The maximum Gasteiger partial charge on any atom is 0.256 e. The molecule has 0 bridgehead atoms. The second kappa shape index (κ2) is 7.12. The summed E-state index contributed by atoms with van der Waals surface area (Å²) in [6.07, 6.45) is 0. The molecule has 23 heavy (non-hydrogen) atoms. The fourth-order valence-electron chi connectivity index (χ4n) is 1.71. The smallest absolute Gasteiger partial charge is 0.256 e. The van der Waals surface area contributed by atoms with Gasteiger partial charge in [0, 0.05) is 5.56 Å². The van der Waals surface area contributed by atoms with Crippen LogP contribution in [0.15, 0.2) is 69.0 Å². The third kappa shape index (κ3) is 4.10. The normalized spacial score (nSPS) is 10.9. The molecule has 1 N–H and O–H groups in total. The van der Waals surface area contributed by atoms with Gasteiger partial charge in [-0.25, -0.2) is 12.8 Å². The summed E-state index contributed by atoms with van der Waals surface area (Å²) in [4.78, 5) is 12.0. The Bertz CT molecular complexity index is 846. The molecule has 1 amide bonds. The van der Waals surface area contributed by atoms with Crippen LogP contribution in [0.2, 0.25) is 0 Å². The quantitative estimate of drug-likeness (QED) is 0.889. The van der Waals surface area contributed by atoms with E-state index in [0.29, 0.717) is 0 Å². The highest BCUT2D eigenvalue weighted by Crippen LogP contribution is 2.24. The molecule has 0 aliphatic carbocycles. The van der Waals surface area contributed by atoms with Gasteiger partial charge in [0.15, 0.2) is 5.03 Å². The third-order valence-corrected chi connectivity index (χ3v) is 5.17. The number of rotatable bonds is 4. The lowest BCUT2D eigenvalue weighted by Gasteiger charge is -2.11. The van der Waals surface area contributed by atoms with E-state index in [1.165, 1.54) is 36.4 Å². The number of benzene rings is 2. The molecule has 0 heterocycles. The molecule has 0 unspecified atom stereocenters. The van der Waals surface area contributed by atoms with Gasteiger partial charge in [-0.1, -0.05) is 41.4 Å². The van der Waals surface area contributed by atoms with Crippen molar-refractivity contribution in [2.45, 2.75) is 4.90 Å². The second-order valence-electron chi connectivity index (χ2n) is 4.37. The first-order valence-corrected chi connectivity index (χ1v) is 8.48. The van der Waals surface area contributed by atoms with Crippen molar-refractivity contribution in [2.75, 3.05) is 0 Å². The van der Waals surface area contributed by atoms with Crippen LogP contribution in [0.5, 0.6) is 0 Å². The number of hydrogen-bond acceptors (Lipinski definition) is 3. The first-order valence-electron chi connectivity index (χ1n) is 6.24. The molecule has 2 aromatic carbocycles. The van der Waals surface area contributed by atoms with Crippen LogP contribution >= 0.6 is 23.2 Å². The molecule has 2 rings (SSSR count). The van der Waals surface area contributed by atoms with Gasteiger partial charge in [-0.05, 0) is 36.4 Å². The number of carbonyl (C=O) groups is 1. The zero-order valence-corrected chi connectivity index (χ0v) is 13.8. The van der Waals surface area contributed by atoms with E-state index in [4.69, 9.17) is 23.2 Å². The highest BCUT2D eigenvalue weighted by Gasteiger charge is 2.26. The van der Waals surface area contributed by atoms with Gasteiger partial charge >= 0.3 is 0 Å². The van der Waals surface area contributed by atoms with Crippen molar-refractivity contribution in [3.05, 3.63) is 75.5 Å². The van der Waals surface area contributed by atoms with E-state index in [-0.39, 0.29) is 10.5 Å². The molecular weight excluding hydrogens is 364 g/mol. The molecule has 120 valence electrons. The third-order valence-electron chi connectivity index (χ3n) is 2.83. The van der Waals surface area contributed by atoms with Crippen molar-refractivity contribution in [1.29, 1.82) is 0 Å². The Kier molecular flexibility index (Phi) is 5.41. The summed E-state index contributed by atoms with van der Waals surface area (Å²) >= 11 is 11.3. The summed E-state index contributed by atoms with van der Waals surface area (Å²) in [6.45, 7) is 0. The molecule has 0 spiro atoms. The van der Waals surface area contributed by atoms with Crippen LogP contribution in [0.3, 0.4) is 0 Å². The van der Waals surface area contributed by atoms with Gasteiger partial charge in [-0.3, -0.25) is 4.79 Å². The van der Waals surface area contributed by atoms with Crippen molar-refractivity contribution >= 4 is 38.9 Å². The first kappa shape index (κ1) is 17.5. The van der Waals surface area contributed by atoms with Crippen molar-refractivity contribution in [3.63, 3.8) is 0 Å². The molecule has 0 saturated carbocycles. The molecule has 2 aromatic rings. The Morgan fingerprint density at radius 1 is 0.957 bits per heavy atom. The van der Waals surface area contributed by atoms with Crippen LogP contribution in [0, 0.1) is 5.82 Å². The minimum Gasteiger partial charge on any atom is -0.310 e. The van der Waals surface area contributed by atoms with Crippen molar-refractivity contribution in [3.8, 4) is 0 Å². The Morgan fingerprint density at radius 3 is 2.04 bits per heavy atom. The lowest BCUT2D eigenvalue weighted by molar-refractivity contribution is 0.0968. The van der Waals surface area contributed by atoms with Gasteiger partial charge in [0.25, 0.3) is 5.91 Å². The lowest BCUT2D eigenvalue weighted by Crippen LogP contribution is -2.28. The van der Waals surface area contributed by atoms with Crippen LogP contribution in [0.1, 0.15) is 10.4 Å². The van der Waals surface area contributed by atoms with E-state index in [9.17, 15) is 17.6 Å². The molecule has 0 aliphatic rings. The Morgan fingerprint density at radius 2 is 1.52 bits per heavy atom. The standard InChI is InChI=1S/C15H10Cl2FNO3S/c16-13(17)15(23(21,22)12-4-2-1-3-5-12)19-14(20)10-6-8-11(18)9-7-10/h1-9H,(H,19,20). The molecule has 0 saturated heterocycles. The van der Waals surface area contributed by atoms with Crippen LogP contribution < -0.4 is 5.32 Å². The van der Waals surface area contributed by atoms with E-state index in [1.807, 2.05) is 0 Å². The topological polar surface area (TPSA) is 63.2 Å². The van der Waals surface area contributed by atoms with Gasteiger partial charge in [-0.15, -0.1) is 0 Å². The van der Waals surface area contributed by atoms with Crippen molar-refractivity contribution < 1.29 is 17.6 Å². The van der Waals surface area contributed by atoms with Crippen molar-refractivity contribution in [2.24, 2.45) is 0 Å². The number of nitrogens with one attached hydrogen (secondary N) is 1. The molecule has 0 radical (unpaired) electrons. The van der Waals surface area contributed by atoms with Gasteiger partial charge in [-0.2, -0.15) is 0 Å². The number of carbonyl (C=O) groups excluding carboxylic acids is 1. The van der Waals surface area contributed by atoms with E-state index < -0.39 is 31.1 Å². The monoisotopic (exact) mass is 373 g/mol. The predicted molar refractivity (Wildman–Crippen MR) is 86.2 cm³/mol. The molecule has 4 nitrogen and oxygen atoms in total. The molecule has 8 heteroatoms. The summed E-state index contributed by atoms with van der Waals surface area (Å²) in [7, 11) is -4.10. The van der Waals surface area contributed by atoms with Gasteiger partial charge < -0.3 is 5.32 Å². The maximum absolute atomic E-state index is 12.9. The Balaban J connectivity index is 2.36. The van der Waals surface area contributed by atoms with Crippen LogP contribution in [-0.4, -0.2) is 14.3 Å². The molecule has 0 atom stereocenters. The zero-order valence-electron chi connectivity index (χ0n) is 11.5. The minimum atomic E-state index is -4.10. The minimum absolute atomic E-state index is 0.0572. The summed E-state index contributed by atoms with van der Waals surface area (Å²) in [5.41, 5.74) is 0.0572. The fourth-order valence-corrected chi connectivity index (χ4v) is 3.60. The number of halogens is 3. The SMILES string of the molecule is O=C(NC(=C(Cl)Cl)S(=O)(=O)c1ccccc1)c1ccc(F)cc1. The van der Waals surface area contributed by atoms with Crippen LogP contribution in [-0.2, 0) is 9.84 Å². The average molecular weight is 374 g/mol. The van der Waals surface area contributed by atoms with E-state index in [2.05, 4.69) is 5.32 Å². The van der Waals surface area contributed by atoms with Gasteiger partial charge in [0.05, 0.1) is 4.90 Å². The first-order chi connectivity index (χ1) is 10.8. The van der Waals surface area contributed by atoms with E-state index in [1.54, 1.807) is 6.07 Å². The highest BCUT2D eigenvalue weighted by atomic mass is 35.5. The summed E-state index contributed by atoms with van der Waals surface area (Å²) in [5.74, 6) is -1.30. The number of amides is 1. The summed E-state index contributed by atoms with van der Waals surface area (Å²) in [5, 5.41) is 1.52. The van der Waals surface area contributed by atoms with Crippen LogP contribution in [0.4, 0.5) is 4.39 Å². The highest BCUT2D eigenvalue weighted by molar-refractivity contribution is 7.95. The molecule has 0 fully saturated rings. The summed E-state index contributed by atoms with van der Waals surface area (Å²) in [6, 6.07) is 11.9. The van der Waals surface area contributed by atoms with Gasteiger partial charge in [0.2, 0.25) is 9.84 Å². The van der Waals surface area contributed by atoms with Crippen molar-refractivity contribution in [1.82, 2.24) is 5.32 Å². The Hall–Kier alpha value is -1.89. The van der Waals surface area contributed by atoms with E-state index in [0.717, 1.165) is 12.1 Å². The summed E-state index contributed by atoms with van der Waals surface area (Å²) < 4.78 is 37.3. The number of sulfone groups is 1. The van der Waals surface area contributed by atoms with Gasteiger partial charge in [0.1, 0.15) is 10.3 Å². The van der Waals surface area contributed by atoms with E-state index >= 15 is 0 Å². The molecular formula is C15H10Cl2FNO3S. The predicted octanol–water partition coefficient (Wildman–Crippen LogP) is 3.63. The van der Waals surface area contributed by atoms with Crippen LogP contribution in [0.25, 0.3) is 0 Å². The fraction of sp³-hybridized carbons (Fsp3) is 0. The Labute approximate surface area is 142 Å². The maximum atomic E-state index is 12.9. The molecule has 0 aromatic heterocycles. The lowest BCUT2D eigenvalue weighted by atomic mass is 10.2.